The van der Waals surface area contributed by atoms with Crippen LogP contribution in [0.2, 0.25) is 0 Å². The summed E-state index contributed by atoms with van der Waals surface area (Å²) in [4.78, 5) is 2.33. The zero-order valence-corrected chi connectivity index (χ0v) is 24.0. The third-order valence-corrected chi connectivity index (χ3v) is 7.84. The molecule has 2 atom stereocenters. The average Bonchev–Trinajstić information content (AvgIpc) is 2.94. The quantitative estimate of drug-likeness (QED) is 0.245. The van der Waals surface area contributed by atoms with Crippen molar-refractivity contribution in [3.05, 3.63) is 82.7 Å². The van der Waals surface area contributed by atoms with E-state index in [1.165, 1.54) is 16.7 Å². The summed E-state index contributed by atoms with van der Waals surface area (Å²) in [5, 5.41) is 13.3. The van der Waals surface area contributed by atoms with Crippen LogP contribution in [-0.2, 0) is 19.4 Å². The van der Waals surface area contributed by atoms with Crippen molar-refractivity contribution in [1.82, 2.24) is 5.32 Å². The zero-order chi connectivity index (χ0) is 27.9. The molecular weight excluding hydrogens is 491 g/mol. The molecule has 0 spiro atoms. The lowest BCUT2D eigenvalue weighted by Gasteiger charge is -2.35. The maximum absolute atomic E-state index is 15.0. The number of phenols is 1. The summed E-state index contributed by atoms with van der Waals surface area (Å²) in [6.45, 7) is 10.3. The molecule has 210 valence electrons. The minimum Gasteiger partial charge on any atom is -0.508 e. The number of halogens is 1. The number of nitrogens with zero attached hydrogens (tertiary/aromatic N) is 1. The number of rotatable bonds is 12. The molecule has 0 fully saturated rings. The highest BCUT2D eigenvalue weighted by molar-refractivity contribution is 5.60. The summed E-state index contributed by atoms with van der Waals surface area (Å²) in [5.41, 5.74) is 5.81. The highest BCUT2D eigenvalue weighted by Gasteiger charge is 2.26. The first-order chi connectivity index (χ1) is 18.8. The molecule has 0 saturated heterocycles. The first-order valence-electron chi connectivity index (χ1n) is 14.2. The van der Waals surface area contributed by atoms with Crippen LogP contribution in [0.5, 0.6) is 17.2 Å². The minimum absolute atomic E-state index is 0.189. The van der Waals surface area contributed by atoms with Crippen LogP contribution in [0.1, 0.15) is 68.7 Å². The van der Waals surface area contributed by atoms with Crippen molar-refractivity contribution in [2.75, 3.05) is 25.2 Å². The number of methoxy groups -OCH3 is 1. The molecule has 0 aromatic heterocycles. The van der Waals surface area contributed by atoms with Crippen molar-refractivity contribution in [2.24, 2.45) is 0 Å². The molecule has 0 heterocycles. The molecule has 5 nitrogen and oxygen atoms in total. The van der Waals surface area contributed by atoms with Crippen LogP contribution < -0.4 is 19.7 Å². The lowest BCUT2D eigenvalue weighted by Crippen LogP contribution is -2.32. The Morgan fingerprint density at radius 3 is 2.59 bits per heavy atom. The zero-order valence-electron chi connectivity index (χ0n) is 24.0. The second-order valence-electron chi connectivity index (χ2n) is 10.9. The van der Waals surface area contributed by atoms with Crippen LogP contribution in [0.25, 0.3) is 0 Å². The number of ether oxygens (including phenoxy) is 2. The molecule has 3 aromatic carbocycles. The van der Waals surface area contributed by atoms with E-state index in [2.05, 4.69) is 50.0 Å². The Morgan fingerprint density at radius 1 is 1.05 bits per heavy atom. The van der Waals surface area contributed by atoms with Gasteiger partial charge in [0, 0.05) is 36.9 Å². The monoisotopic (exact) mass is 534 g/mol. The van der Waals surface area contributed by atoms with Gasteiger partial charge in [-0.05, 0) is 105 Å². The molecular formula is C33H43FN2O3. The third-order valence-electron chi connectivity index (χ3n) is 7.84. The second-order valence-corrected chi connectivity index (χ2v) is 10.9. The smallest absolute Gasteiger partial charge is 0.165 e. The van der Waals surface area contributed by atoms with Crippen LogP contribution in [0.3, 0.4) is 0 Å². The molecule has 0 aliphatic heterocycles. The van der Waals surface area contributed by atoms with Crippen LogP contribution in [0, 0.1) is 5.82 Å². The predicted molar refractivity (Wildman–Crippen MR) is 157 cm³/mol. The number of aryl methyl sites for hydroxylation is 1. The van der Waals surface area contributed by atoms with Gasteiger partial charge >= 0.3 is 0 Å². The van der Waals surface area contributed by atoms with Crippen molar-refractivity contribution in [2.45, 2.75) is 77.9 Å². The third kappa shape index (κ3) is 7.24. The molecule has 0 radical (unpaired) electrons. The van der Waals surface area contributed by atoms with Gasteiger partial charge in [-0.3, -0.25) is 0 Å². The fourth-order valence-corrected chi connectivity index (χ4v) is 5.36. The van der Waals surface area contributed by atoms with Crippen molar-refractivity contribution >= 4 is 5.69 Å². The van der Waals surface area contributed by atoms with E-state index in [1.54, 1.807) is 25.3 Å². The highest BCUT2D eigenvalue weighted by Crippen LogP contribution is 2.40. The molecule has 4 rings (SSSR count). The summed E-state index contributed by atoms with van der Waals surface area (Å²) in [6.07, 6.45) is 3.91. The number of phenolic OH excluding ortho intramolecular Hbond substituents is 1. The summed E-state index contributed by atoms with van der Waals surface area (Å²) in [5.74, 6) is 1.43. The Morgan fingerprint density at radius 2 is 1.87 bits per heavy atom. The number of nitrogens with one attached hydrogen (secondary N) is 1. The largest absolute Gasteiger partial charge is 0.508 e. The van der Waals surface area contributed by atoms with Crippen LogP contribution in [-0.4, -0.2) is 37.5 Å². The van der Waals surface area contributed by atoms with Crippen molar-refractivity contribution < 1.29 is 19.0 Å². The van der Waals surface area contributed by atoms with E-state index >= 15 is 4.39 Å². The molecule has 39 heavy (non-hydrogen) atoms. The fourth-order valence-electron chi connectivity index (χ4n) is 5.36. The van der Waals surface area contributed by atoms with Gasteiger partial charge in [0.25, 0.3) is 0 Å². The average molecular weight is 535 g/mol. The van der Waals surface area contributed by atoms with Gasteiger partial charge in [-0.1, -0.05) is 25.1 Å². The standard InChI is InChI=1S/C33H43FN2O3/c1-6-23(4)35-15-16-39-33-14-7-24(17-31(33)34)21-36(22(2)3)32-20-29(38-5)12-13-30(32)27-9-8-26-19-28(37)11-10-25(26)18-27/h7,10-14,17,19-20,22-23,27,35,37H,6,8-9,15-16,18,21H2,1-5H3. The van der Waals surface area contributed by atoms with Gasteiger partial charge in [0.2, 0.25) is 0 Å². The lowest BCUT2D eigenvalue weighted by molar-refractivity contribution is 0.292. The van der Waals surface area contributed by atoms with E-state index in [1.807, 2.05) is 24.3 Å². The topological polar surface area (TPSA) is 54.0 Å². The molecule has 1 aliphatic carbocycles. The number of aromatic hydroxyl groups is 1. The van der Waals surface area contributed by atoms with Gasteiger partial charge in [0.05, 0.1) is 7.11 Å². The van der Waals surface area contributed by atoms with Gasteiger partial charge < -0.3 is 24.8 Å². The summed E-state index contributed by atoms with van der Waals surface area (Å²) >= 11 is 0. The van der Waals surface area contributed by atoms with Crippen LogP contribution >= 0.6 is 0 Å². The first kappa shape index (κ1) is 28.8. The Hall–Kier alpha value is -3.25. The van der Waals surface area contributed by atoms with Crippen molar-refractivity contribution in [3.63, 3.8) is 0 Å². The van der Waals surface area contributed by atoms with Gasteiger partial charge in [-0.25, -0.2) is 4.39 Å². The second kappa shape index (κ2) is 13.2. The van der Waals surface area contributed by atoms with Crippen LogP contribution in [0.4, 0.5) is 10.1 Å². The van der Waals surface area contributed by atoms with E-state index in [4.69, 9.17) is 9.47 Å². The molecule has 1 aliphatic rings. The molecule has 6 heteroatoms. The maximum atomic E-state index is 15.0. The Bertz CT molecular complexity index is 1250. The highest BCUT2D eigenvalue weighted by atomic mass is 19.1. The molecule has 0 bridgehead atoms. The number of anilines is 1. The van der Waals surface area contributed by atoms with Gasteiger partial charge in [0.1, 0.15) is 18.1 Å². The fraction of sp³-hybridized carbons (Fsp3) is 0.455. The number of hydrogen-bond donors (Lipinski definition) is 2. The summed E-state index contributed by atoms with van der Waals surface area (Å²) in [6, 6.07) is 18.0. The summed E-state index contributed by atoms with van der Waals surface area (Å²) < 4.78 is 26.3. The normalized spacial score (nSPS) is 15.6. The number of hydrogen-bond acceptors (Lipinski definition) is 5. The maximum Gasteiger partial charge on any atom is 0.165 e. The summed E-state index contributed by atoms with van der Waals surface area (Å²) in [7, 11) is 1.69. The van der Waals surface area contributed by atoms with Gasteiger partial charge in [-0.2, -0.15) is 0 Å². The number of fused-ring (bicyclic) bond motifs is 1. The predicted octanol–water partition coefficient (Wildman–Crippen LogP) is 6.99. The van der Waals surface area contributed by atoms with E-state index in [0.717, 1.165) is 42.7 Å². The Labute approximate surface area is 233 Å². The van der Waals surface area contributed by atoms with Crippen molar-refractivity contribution in [3.8, 4) is 17.2 Å². The van der Waals surface area contributed by atoms with Gasteiger partial charge in [0.15, 0.2) is 11.6 Å². The molecule has 3 aromatic rings. The molecule has 0 saturated carbocycles. The minimum atomic E-state index is -0.335. The van der Waals surface area contributed by atoms with E-state index in [0.29, 0.717) is 37.4 Å². The number of benzene rings is 3. The van der Waals surface area contributed by atoms with Crippen molar-refractivity contribution in [1.29, 1.82) is 0 Å². The van der Waals surface area contributed by atoms with E-state index in [9.17, 15) is 5.11 Å². The molecule has 2 N–H and O–H groups in total. The lowest BCUT2D eigenvalue weighted by atomic mass is 9.79. The Balaban J connectivity index is 1.55. The SMILES string of the molecule is CCC(C)NCCOc1ccc(CN(c2cc(OC)ccc2C2CCc3cc(O)ccc3C2)C(C)C)cc1F. The van der Waals surface area contributed by atoms with Gasteiger partial charge in [-0.15, -0.1) is 0 Å². The Kier molecular flexibility index (Phi) is 9.73. The van der Waals surface area contributed by atoms with Crippen LogP contribution in [0.15, 0.2) is 54.6 Å². The first-order valence-corrected chi connectivity index (χ1v) is 14.2. The molecule has 0 amide bonds. The molecule has 2 unspecified atom stereocenters. The van der Waals surface area contributed by atoms with E-state index < -0.39 is 0 Å². The van der Waals surface area contributed by atoms with E-state index in [-0.39, 0.29) is 17.6 Å².